The van der Waals surface area contributed by atoms with Crippen LogP contribution in [0.1, 0.15) is 6.42 Å². The molecule has 100 valence electrons. The summed E-state index contributed by atoms with van der Waals surface area (Å²) in [6.45, 7) is 2.40. The molecule has 0 aliphatic carbocycles. The number of nitrogens with one attached hydrogen (secondary N) is 1. The van der Waals surface area contributed by atoms with E-state index in [1.54, 1.807) is 10.8 Å². The summed E-state index contributed by atoms with van der Waals surface area (Å²) in [5, 5.41) is 18.6. The molecule has 0 bridgehead atoms. The van der Waals surface area contributed by atoms with Crippen LogP contribution in [0.4, 0.5) is 5.95 Å². The van der Waals surface area contributed by atoms with E-state index < -0.39 is 5.23 Å². The largest absolute Gasteiger partial charge is 0.592 e. The van der Waals surface area contributed by atoms with Crippen LogP contribution in [0.15, 0.2) is 12.4 Å². The van der Waals surface area contributed by atoms with Crippen LogP contribution in [-0.4, -0.2) is 45.7 Å². The number of alkyl halides is 1. The molecular formula is C9H18Cl2N4O2. The van der Waals surface area contributed by atoms with E-state index in [0.29, 0.717) is 12.4 Å². The lowest BCUT2D eigenvalue weighted by Crippen LogP contribution is -3.00. The van der Waals surface area contributed by atoms with Gasteiger partial charge in [-0.05, 0) is 20.0 Å². The van der Waals surface area contributed by atoms with Crippen LogP contribution in [0, 0.1) is 5.21 Å². The molecule has 0 fully saturated rings. The highest BCUT2D eigenvalue weighted by Crippen LogP contribution is 2.00. The summed E-state index contributed by atoms with van der Waals surface area (Å²) < 4.78 is 1.65. The van der Waals surface area contributed by atoms with Gasteiger partial charge in [-0.25, -0.2) is 5.21 Å². The Hall–Kier alpha value is -0.370. The smallest absolute Gasteiger partial charge is 0.340 e. The van der Waals surface area contributed by atoms with Crippen molar-refractivity contribution in [2.75, 3.05) is 26.0 Å². The predicted molar refractivity (Wildman–Crippen MR) is 68.1 cm³/mol. The Morgan fingerprint density at radius 2 is 2.29 bits per heavy atom. The quantitative estimate of drug-likeness (QED) is 0.557. The number of rotatable bonds is 7. The molecule has 8 heteroatoms. The van der Waals surface area contributed by atoms with E-state index >= 15 is 0 Å². The van der Waals surface area contributed by atoms with Crippen molar-refractivity contribution in [3.63, 3.8) is 0 Å². The van der Waals surface area contributed by atoms with Gasteiger partial charge >= 0.3 is 5.95 Å². The summed E-state index contributed by atoms with van der Waals surface area (Å²) in [7, 11) is 1.99. The normalized spacial score (nSPS) is 12.5. The van der Waals surface area contributed by atoms with Gasteiger partial charge in [0.05, 0.1) is 6.20 Å². The molecule has 1 unspecified atom stereocenters. The fourth-order valence-corrected chi connectivity index (χ4v) is 1.74. The summed E-state index contributed by atoms with van der Waals surface area (Å²) in [6.07, 6.45) is 4.07. The maximum Gasteiger partial charge on any atom is 0.340 e. The fourth-order valence-electron chi connectivity index (χ4n) is 1.45. The monoisotopic (exact) mass is 284 g/mol. The van der Waals surface area contributed by atoms with Crippen molar-refractivity contribution in [2.24, 2.45) is 0 Å². The average molecular weight is 285 g/mol. The minimum absolute atomic E-state index is 0. The minimum Gasteiger partial charge on any atom is -0.592 e. The molecule has 0 amide bonds. The lowest BCUT2D eigenvalue weighted by Gasteiger charge is -2.16. The molecule has 0 saturated heterocycles. The van der Waals surface area contributed by atoms with Gasteiger partial charge in [0.2, 0.25) is 0 Å². The van der Waals surface area contributed by atoms with E-state index in [9.17, 15) is 5.21 Å². The Morgan fingerprint density at radius 3 is 2.88 bits per heavy atom. The van der Waals surface area contributed by atoms with Crippen LogP contribution >= 0.6 is 24.0 Å². The van der Waals surface area contributed by atoms with Gasteiger partial charge in [0.1, 0.15) is 0 Å². The average Bonchev–Trinajstić information content (AvgIpc) is 2.66. The molecule has 2 N–H and O–H groups in total. The lowest BCUT2D eigenvalue weighted by molar-refractivity contribution is -0.995. The third-order valence-electron chi connectivity index (χ3n) is 2.31. The van der Waals surface area contributed by atoms with Crippen LogP contribution < -0.4 is 5.23 Å². The van der Waals surface area contributed by atoms with Crippen molar-refractivity contribution < 1.29 is 10.4 Å². The summed E-state index contributed by atoms with van der Waals surface area (Å²) in [4.78, 5) is 5.89. The zero-order chi connectivity index (χ0) is 12.0. The van der Waals surface area contributed by atoms with Gasteiger partial charge in [-0.2, -0.15) is 10.2 Å². The minimum atomic E-state index is -0.987. The number of imidazole rings is 1. The summed E-state index contributed by atoms with van der Waals surface area (Å²) in [5.74, 6) is 0.710. The second-order valence-electron chi connectivity index (χ2n) is 3.60. The first kappa shape index (κ1) is 16.6. The van der Waals surface area contributed by atoms with Gasteiger partial charge in [-0.3, -0.25) is 4.57 Å². The molecular weight excluding hydrogens is 267 g/mol. The van der Waals surface area contributed by atoms with Crippen molar-refractivity contribution in [1.29, 1.82) is 0 Å². The highest BCUT2D eigenvalue weighted by atomic mass is 35.5. The molecule has 0 aliphatic rings. The Morgan fingerprint density at radius 1 is 1.59 bits per heavy atom. The van der Waals surface area contributed by atoms with Crippen LogP contribution in [-0.2, 0) is 6.54 Å². The molecule has 0 spiro atoms. The number of aromatic nitrogens is 2. The molecule has 0 aliphatic heterocycles. The van der Waals surface area contributed by atoms with E-state index in [1.807, 2.05) is 7.05 Å². The Balaban J connectivity index is 0.00000256. The maximum atomic E-state index is 10.8. The van der Waals surface area contributed by atoms with Crippen molar-refractivity contribution in [3.05, 3.63) is 17.6 Å². The van der Waals surface area contributed by atoms with Gasteiger partial charge in [0, 0.05) is 25.2 Å². The van der Waals surface area contributed by atoms with Crippen molar-refractivity contribution in [3.8, 4) is 0 Å². The zero-order valence-corrected chi connectivity index (χ0v) is 11.2. The third-order valence-corrected chi connectivity index (χ3v) is 2.48. The Labute approximate surface area is 112 Å². The summed E-state index contributed by atoms with van der Waals surface area (Å²) >= 11 is 5.61. The number of nitrogens with zero attached hydrogens (tertiary/aromatic N) is 3. The summed E-state index contributed by atoms with van der Waals surface area (Å²) in [5.41, 5.74) is 0. The third kappa shape index (κ3) is 5.67. The molecule has 1 aromatic heterocycles. The zero-order valence-electron chi connectivity index (χ0n) is 9.67. The van der Waals surface area contributed by atoms with E-state index in [1.165, 1.54) is 6.20 Å². The van der Waals surface area contributed by atoms with Gasteiger partial charge in [0.15, 0.2) is 0 Å². The second kappa shape index (κ2) is 8.68. The van der Waals surface area contributed by atoms with Crippen LogP contribution in [0.2, 0.25) is 0 Å². The predicted octanol–water partition coefficient (Wildman–Crippen LogP) is 0.269. The Kier molecular flexibility index (Phi) is 8.49. The first-order chi connectivity index (χ1) is 7.65. The molecule has 17 heavy (non-hydrogen) atoms. The van der Waals surface area contributed by atoms with E-state index in [0.717, 1.165) is 19.5 Å². The molecule has 6 nitrogen and oxygen atoms in total. The molecule has 1 heterocycles. The SMILES string of the molecule is CN(CCCl)CCCn1ccnc1[NH+]([O-])O.Cl. The number of hydrogen-bond acceptors (Lipinski definition) is 4. The van der Waals surface area contributed by atoms with Crippen LogP contribution in [0.3, 0.4) is 0 Å². The van der Waals surface area contributed by atoms with Crippen LogP contribution in [0.25, 0.3) is 0 Å². The van der Waals surface area contributed by atoms with Gasteiger partial charge in [0.25, 0.3) is 0 Å². The highest BCUT2D eigenvalue weighted by molar-refractivity contribution is 6.18. The molecule has 0 saturated carbocycles. The van der Waals surface area contributed by atoms with Crippen molar-refractivity contribution in [1.82, 2.24) is 14.5 Å². The molecule has 0 aromatic carbocycles. The highest BCUT2D eigenvalue weighted by Gasteiger charge is 2.08. The summed E-state index contributed by atoms with van der Waals surface area (Å²) in [6, 6.07) is 0. The second-order valence-corrected chi connectivity index (χ2v) is 3.97. The number of aryl methyl sites for hydroxylation is 1. The van der Waals surface area contributed by atoms with E-state index in [-0.39, 0.29) is 18.4 Å². The lowest BCUT2D eigenvalue weighted by atomic mass is 10.4. The molecule has 1 rings (SSSR count). The van der Waals surface area contributed by atoms with Crippen LogP contribution in [0.5, 0.6) is 0 Å². The fraction of sp³-hybridized carbons (Fsp3) is 0.667. The molecule has 1 aromatic rings. The van der Waals surface area contributed by atoms with Gasteiger partial charge < -0.3 is 10.1 Å². The number of hydrogen-bond donors (Lipinski definition) is 2. The van der Waals surface area contributed by atoms with Gasteiger partial charge in [-0.1, -0.05) is 0 Å². The van der Waals surface area contributed by atoms with E-state index in [4.69, 9.17) is 16.8 Å². The van der Waals surface area contributed by atoms with Gasteiger partial charge in [-0.15, -0.1) is 24.0 Å². The van der Waals surface area contributed by atoms with Crippen molar-refractivity contribution in [2.45, 2.75) is 13.0 Å². The van der Waals surface area contributed by atoms with E-state index in [2.05, 4.69) is 9.88 Å². The standard InChI is InChI=1S/C9H17ClN4O2.ClH/c1-12(7-3-10)5-2-6-13-8-4-11-9(13)14(15)16;/h4,8,14-15H,2-3,5-7H2,1H3;1H. The topological polar surface area (TPSA) is 68.8 Å². The Bertz CT molecular complexity index is 309. The maximum absolute atomic E-state index is 10.8. The molecule has 1 atom stereocenters. The number of quaternary nitrogens is 1. The van der Waals surface area contributed by atoms with Crippen molar-refractivity contribution >= 4 is 30.0 Å². The first-order valence-corrected chi connectivity index (χ1v) is 5.67. The molecule has 0 radical (unpaired) electrons. The first-order valence-electron chi connectivity index (χ1n) is 5.14. The number of halogens is 2.